The van der Waals surface area contributed by atoms with Gasteiger partial charge in [0.05, 0.1) is 20.8 Å². The van der Waals surface area contributed by atoms with Gasteiger partial charge in [-0.2, -0.15) is 0 Å². The molecule has 2 aromatic carbocycles. The molecule has 3 aromatic rings. The van der Waals surface area contributed by atoms with E-state index in [0.717, 1.165) is 4.57 Å². The number of aromatic nitrogens is 2. The molecule has 0 bridgehead atoms. The van der Waals surface area contributed by atoms with Crippen LogP contribution in [0.2, 0.25) is 0 Å². The molecular weight excluding hydrogens is 378 g/mol. The highest BCUT2D eigenvalue weighted by atomic mass is 16.6. The molecule has 0 atom stereocenters. The molecule has 0 radical (unpaired) electrons. The Hall–Kier alpha value is -3.88. The summed E-state index contributed by atoms with van der Waals surface area (Å²) in [5.41, 5.74) is 1.66. The van der Waals surface area contributed by atoms with E-state index in [2.05, 4.69) is 4.98 Å². The normalized spacial score (nSPS) is 10.4. The summed E-state index contributed by atoms with van der Waals surface area (Å²) in [7, 11) is 3.07. The van der Waals surface area contributed by atoms with E-state index in [0.29, 0.717) is 22.6 Å². The number of hydrogen-bond donors (Lipinski definition) is 0. The van der Waals surface area contributed by atoms with Crippen LogP contribution in [0.4, 0.5) is 10.7 Å². The standard InChI is InChI=1S/C20H19N3O6/c1-4-29-20(24)22-18(14-7-11-16(28-3)12-8-14)17(21-19(22)23(25)26)13-5-9-15(27-2)10-6-13/h5-12H,4H2,1-3H3. The summed E-state index contributed by atoms with van der Waals surface area (Å²) in [6, 6.07) is 13.6. The number of ether oxygens (including phenoxy) is 3. The Bertz CT molecular complexity index is 1030. The molecule has 9 heteroatoms. The van der Waals surface area contributed by atoms with Crippen molar-refractivity contribution in [2.75, 3.05) is 20.8 Å². The lowest BCUT2D eigenvalue weighted by molar-refractivity contribution is -0.395. The summed E-state index contributed by atoms with van der Waals surface area (Å²) >= 11 is 0. The third kappa shape index (κ3) is 3.88. The van der Waals surface area contributed by atoms with E-state index in [1.54, 1.807) is 55.5 Å². The zero-order valence-corrected chi connectivity index (χ0v) is 16.1. The van der Waals surface area contributed by atoms with Crippen molar-refractivity contribution in [1.29, 1.82) is 0 Å². The zero-order valence-electron chi connectivity index (χ0n) is 16.1. The Morgan fingerprint density at radius 2 is 1.52 bits per heavy atom. The minimum absolute atomic E-state index is 0.0636. The van der Waals surface area contributed by atoms with Crippen molar-refractivity contribution < 1.29 is 23.9 Å². The predicted molar refractivity (Wildman–Crippen MR) is 105 cm³/mol. The molecule has 3 rings (SSSR count). The van der Waals surface area contributed by atoms with Crippen molar-refractivity contribution in [3.05, 3.63) is 58.6 Å². The van der Waals surface area contributed by atoms with Gasteiger partial charge in [0.25, 0.3) is 0 Å². The molecule has 150 valence electrons. The van der Waals surface area contributed by atoms with Crippen LogP contribution in [-0.2, 0) is 4.74 Å². The Labute approximate surface area is 166 Å². The van der Waals surface area contributed by atoms with E-state index < -0.39 is 17.0 Å². The highest BCUT2D eigenvalue weighted by Crippen LogP contribution is 2.36. The van der Waals surface area contributed by atoms with Crippen molar-refractivity contribution in [1.82, 2.24) is 9.55 Å². The maximum absolute atomic E-state index is 12.6. The van der Waals surface area contributed by atoms with Gasteiger partial charge in [0.15, 0.2) is 11.4 Å². The zero-order chi connectivity index (χ0) is 21.0. The lowest BCUT2D eigenvalue weighted by atomic mass is 10.0. The van der Waals surface area contributed by atoms with Gasteiger partial charge in [0.1, 0.15) is 11.5 Å². The van der Waals surface area contributed by atoms with Crippen molar-refractivity contribution in [3.8, 4) is 34.0 Å². The first-order valence-electron chi connectivity index (χ1n) is 8.73. The van der Waals surface area contributed by atoms with Gasteiger partial charge < -0.3 is 24.3 Å². The predicted octanol–water partition coefficient (Wildman–Crippen LogP) is 4.15. The third-order valence-corrected chi connectivity index (χ3v) is 4.20. The molecule has 1 aromatic heterocycles. The topological polar surface area (TPSA) is 106 Å². The second-order valence-corrected chi connectivity index (χ2v) is 5.86. The number of nitrogens with zero attached hydrogens (tertiary/aromatic N) is 3. The molecule has 0 aliphatic heterocycles. The lowest BCUT2D eigenvalue weighted by Crippen LogP contribution is -2.17. The first kappa shape index (κ1) is 19.9. The third-order valence-electron chi connectivity index (χ3n) is 4.20. The smallest absolute Gasteiger partial charge is 0.484 e. The number of imidazole rings is 1. The Morgan fingerprint density at radius 3 is 1.97 bits per heavy atom. The average molecular weight is 397 g/mol. The fraction of sp³-hybridized carbons (Fsp3) is 0.200. The van der Waals surface area contributed by atoms with Gasteiger partial charge in [-0.05, 0) is 60.4 Å². The van der Waals surface area contributed by atoms with Crippen LogP contribution in [0.1, 0.15) is 6.92 Å². The van der Waals surface area contributed by atoms with Crippen LogP contribution in [0.5, 0.6) is 11.5 Å². The maximum Gasteiger partial charge on any atom is 0.484 e. The summed E-state index contributed by atoms with van der Waals surface area (Å²) in [4.78, 5) is 27.7. The lowest BCUT2D eigenvalue weighted by Gasteiger charge is -2.07. The summed E-state index contributed by atoms with van der Waals surface area (Å²) in [5.74, 6) is 0.607. The van der Waals surface area contributed by atoms with Gasteiger partial charge in [0.2, 0.25) is 0 Å². The van der Waals surface area contributed by atoms with Crippen LogP contribution in [0.3, 0.4) is 0 Å². The second kappa shape index (κ2) is 8.42. The minimum Gasteiger partial charge on any atom is -0.497 e. The number of benzene rings is 2. The summed E-state index contributed by atoms with van der Waals surface area (Å²) < 4.78 is 16.3. The van der Waals surface area contributed by atoms with E-state index in [4.69, 9.17) is 14.2 Å². The van der Waals surface area contributed by atoms with Crippen LogP contribution >= 0.6 is 0 Å². The fourth-order valence-corrected chi connectivity index (χ4v) is 2.86. The Balaban J connectivity index is 2.29. The first-order chi connectivity index (χ1) is 14.0. The van der Waals surface area contributed by atoms with Crippen molar-refractivity contribution in [2.24, 2.45) is 0 Å². The molecule has 0 fully saturated rings. The van der Waals surface area contributed by atoms with Crippen LogP contribution in [0.15, 0.2) is 48.5 Å². The van der Waals surface area contributed by atoms with Crippen molar-refractivity contribution in [3.63, 3.8) is 0 Å². The van der Waals surface area contributed by atoms with Crippen LogP contribution in [-0.4, -0.2) is 41.4 Å². The monoisotopic (exact) mass is 397 g/mol. The van der Waals surface area contributed by atoms with Gasteiger partial charge in [-0.25, -0.2) is 4.79 Å². The van der Waals surface area contributed by atoms with Gasteiger partial charge in [0, 0.05) is 11.1 Å². The number of carbonyl (C=O) groups excluding carboxylic acids is 1. The molecule has 0 aliphatic rings. The molecule has 0 saturated carbocycles. The maximum atomic E-state index is 12.6. The van der Waals surface area contributed by atoms with Crippen LogP contribution in [0.25, 0.3) is 22.5 Å². The highest BCUT2D eigenvalue weighted by Gasteiger charge is 2.34. The quantitative estimate of drug-likeness (QED) is 0.454. The molecular formula is C20H19N3O6. The summed E-state index contributed by atoms with van der Waals surface area (Å²) in [6.07, 6.45) is -0.878. The van der Waals surface area contributed by atoms with E-state index >= 15 is 0 Å². The van der Waals surface area contributed by atoms with Crippen LogP contribution in [0, 0.1) is 10.1 Å². The summed E-state index contributed by atoms with van der Waals surface area (Å²) in [5, 5.41) is 11.6. The fourth-order valence-electron chi connectivity index (χ4n) is 2.86. The second-order valence-electron chi connectivity index (χ2n) is 5.86. The first-order valence-corrected chi connectivity index (χ1v) is 8.73. The number of carbonyl (C=O) groups is 1. The van der Waals surface area contributed by atoms with E-state index in [1.165, 1.54) is 14.2 Å². The van der Waals surface area contributed by atoms with E-state index in [9.17, 15) is 14.9 Å². The molecule has 0 spiro atoms. The molecule has 0 aliphatic carbocycles. The average Bonchev–Trinajstić information content (AvgIpc) is 3.15. The molecule has 0 saturated heterocycles. The SMILES string of the molecule is CCOC(=O)n1c([N+](=O)[O-])nc(-c2ccc(OC)cc2)c1-c1ccc(OC)cc1. The molecule has 9 nitrogen and oxygen atoms in total. The van der Waals surface area contributed by atoms with Crippen LogP contribution < -0.4 is 9.47 Å². The molecule has 0 N–H and O–H groups in total. The molecule has 29 heavy (non-hydrogen) atoms. The number of methoxy groups -OCH3 is 2. The van der Waals surface area contributed by atoms with Gasteiger partial charge >= 0.3 is 12.0 Å². The number of rotatable bonds is 6. The van der Waals surface area contributed by atoms with Gasteiger partial charge in [-0.15, -0.1) is 4.57 Å². The van der Waals surface area contributed by atoms with E-state index in [-0.39, 0.29) is 18.0 Å². The summed E-state index contributed by atoms with van der Waals surface area (Å²) in [6.45, 7) is 1.69. The van der Waals surface area contributed by atoms with Gasteiger partial charge in [-0.3, -0.25) is 0 Å². The largest absolute Gasteiger partial charge is 0.497 e. The number of hydrogen-bond acceptors (Lipinski definition) is 7. The molecule has 1 heterocycles. The molecule has 0 unspecified atom stereocenters. The molecule has 0 amide bonds. The van der Waals surface area contributed by atoms with Gasteiger partial charge in [-0.1, -0.05) is 4.98 Å². The Morgan fingerprint density at radius 1 is 1.00 bits per heavy atom. The van der Waals surface area contributed by atoms with E-state index in [1.807, 2.05) is 0 Å². The minimum atomic E-state index is -0.878. The van der Waals surface area contributed by atoms with Crippen molar-refractivity contribution in [2.45, 2.75) is 6.92 Å². The van der Waals surface area contributed by atoms with Crippen molar-refractivity contribution >= 4 is 12.0 Å². The highest BCUT2D eigenvalue weighted by molar-refractivity contribution is 5.89. The Kier molecular flexibility index (Phi) is 5.77. The number of nitro groups is 1.